The first-order valence-electron chi connectivity index (χ1n) is 11.0. The standard InChI is InChI=1S/C26H22N6O3/c1-16-13-24(32(31-16)23-12-9-18-5-3-4-6-20(18)28-23)30-26(34)21-15-25(33)29-22(27-21)14-17-7-10-19(35-2)11-8-17/h3-13,15H,14H2,1-2H3,(H,30,34)(H,27,29,33). The monoisotopic (exact) mass is 466 g/mol. The highest BCUT2D eigenvalue weighted by molar-refractivity contribution is 6.02. The van der Waals surface area contributed by atoms with Crippen LogP contribution in [0.2, 0.25) is 0 Å². The van der Waals surface area contributed by atoms with Gasteiger partial charge in [-0.1, -0.05) is 30.3 Å². The molecule has 3 aromatic heterocycles. The maximum absolute atomic E-state index is 13.1. The number of benzene rings is 2. The number of methoxy groups -OCH3 is 1. The summed E-state index contributed by atoms with van der Waals surface area (Å²) in [6, 6.07) is 21.9. The van der Waals surface area contributed by atoms with E-state index < -0.39 is 11.5 Å². The number of aromatic nitrogens is 5. The molecule has 174 valence electrons. The zero-order valence-corrected chi connectivity index (χ0v) is 19.1. The summed E-state index contributed by atoms with van der Waals surface area (Å²) in [6.45, 7) is 1.83. The van der Waals surface area contributed by atoms with E-state index in [1.54, 1.807) is 17.9 Å². The van der Waals surface area contributed by atoms with Crippen LogP contribution in [0.25, 0.3) is 16.7 Å². The van der Waals surface area contributed by atoms with Gasteiger partial charge in [-0.05, 0) is 42.8 Å². The number of anilines is 1. The Morgan fingerprint density at radius 1 is 1.03 bits per heavy atom. The number of amides is 1. The van der Waals surface area contributed by atoms with E-state index in [1.165, 1.54) is 6.07 Å². The summed E-state index contributed by atoms with van der Waals surface area (Å²) in [6.07, 6.45) is 0.360. The highest BCUT2D eigenvalue weighted by Crippen LogP contribution is 2.20. The SMILES string of the molecule is COc1ccc(Cc2nc(C(=O)Nc3cc(C)nn3-c3ccc4ccccc4n3)cc(=O)[nH]2)cc1. The predicted molar refractivity (Wildman–Crippen MR) is 132 cm³/mol. The number of carbonyl (C=O) groups is 1. The maximum Gasteiger partial charge on any atom is 0.275 e. The van der Waals surface area contributed by atoms with Crippen molar-refractivity contribution in [2.45, 2.75) is 13.3 Å². The topological polar surface area (TPSA) is 115 Å². The van der Waals surface area contributed by atoms with Crippen LogP contribution in [0.3, 0.4) is 0 Å². The van der Waals surface area contributed by atoms with Gasteiger partial charge in [-0.2, -0.15) is 9.78 Å². The van der Waals surface area contributed by atoms with Gasteiger partial charge < -0.3 is 15.0 Å². The number of aromatic amines is 1. The van der Waals surface area contributed by atoms with Crippen molar-refractivity contribution in [2.24, 2.45) is 0 Å². The number of ether oxygens (including phenoxy) is 1. The first-order valence-corrected chi connectivity index (χ1v) is 11.0. The molecule has 2 N–H and O–H groups in total. The van der Waals surface area contributed by atoms with E-state index in [1.807, 2.05) is 67.6 Å². The fraction of sp³-hybridized carbons (Fsp3) is 0.115. The molecule has 0 aliphatic rings. The lowest BCUT2D eigenvalue weighted by molar-refractivity contribution is 0.102. The van der Waals surface area contributed by atoms with Crippen LogP contribution in [0.4, 0.5) is 5.82 Å². The molecular formula is C26H22N6O3. The number of aryl methyl sites for hydroxylation is 1. The van der Waals surface area contributed by atoms with Gasteiger partial charge in [0.15, 0.2) is 5.82 Å². The van der Waals surface area contributed by atoms with E-state index in [9.17, 15) is 9.59 Å². The van der Waals surface area contributed by atoms with Crippen LogP contribution in [0.5, 0.6) is 5.75 Å². The lowest BCUT2D eigenvalue weighted by Gasteiger charge is -2.09. The van der Waals surface area contributed by atoms with Crippen molar-refractivity contribution in [3.8, 4) is 11.6 Å². The Morgan fingerprint density at radius 2 is 1.83 bits per heavy atom. The lowest BCUT2D eigenvalue weighted by Crippen LogP contribution is -2.21. The molecule has 5 aromatic rings. The molecule has 0 atom stereocenters. The van der Waals surface area contributed by atoms with Crippen LogP contribution in [-0.2, 0) is 6.42 Å². The second-order valence-corrected chi connectivity index (χ2v) is 8.00. The highest BCUT2D eigenvalue weighted by atomic mass is 16.5. The van der Waals surface area contributed by atoms with Crippen LogP contribution in [-0.4, -0.2) is 37.7 Å². The number of fused-ring (bicyclic) bond motifs is 1. The van der Waals surface area contributed by atoms with Crippen LogP contribution in [0.1, 0.15) is 27.6 Å². The smallest absolute Gasteiger partial charge is 0.275 e. The lowest BCUT2D eigenvalue weighted by atomic mass is 10.1. The van der Waals surface area contributed by atoms with Crippen LogP contribution >= 0.6 is 0 Å². The number of pyridine rings is 1. The minimum Gasteiger partial charge on any atom is -0.497 e. The summed E-state index contributed by atoms with van der Waals surface area (Å²) in [7, 11) is 1.60. The quantitative estimate of drug-likeness (QED) is 0.395. The molecule has 0 fully saturated rings. The maximum atomic E-state index is 13.1. The van der Waals surface area contributed by atoms with Gasteiger partial charge in [0, 0.05) is 23.9 Å². The van der Waals surface area contributed by atoms with Crippen LogP contribution in [0, 0.1) is 6.92 Å². The van der Waals surface area contributed by atoms with Gasteiger partial charge in [-0.3, -0.25) is 9.59 Å². The Balaban J connectivity index is 1.41. The summed E-state index contributed by atoms with van der Waals surface area (Å²) >= 11 is 0. The van der Waals surface area contributed by atoms with Crippen molar-refractivity contribution in [3.05, 3.63) is 106 Å². The molecule has 0 unspecified atom stereocenters. The predicted octanol–water partition coefficient (Wildman–Crippen LogP) is 3.66. The van der Waals surface area contributed by atoms with E-state index in [4.69, 9.17) is 4.74 Å². The Hall–Kier alpha value is -4.79. The number of hydrogen-bond donors (Lipinski definition) is 2. The third-order valence-electron chi connectivity index (χ3n) is 5.43. The molecule has 0 saturated carbocycles. The van der Waals surface area contributed by atoms with E-state index in [0.717, 1.165) is 22.2 Å². The molecule has 9 heteroatoms. The number of nitrogens with zero attached hydrogens (tertiary/aromatic N) is 4. The Bertz CT molecular complexity index is 1590. The molecule has 0 radical (unpaired) electrons. The molecule has 0 aliphatic carbocycles. The molecule has 0 saturated heterocycles. The zero-order valence-electron chi connectivity index (χ0n) is 19.1. The number of carbonyl (C=O) groups excluding carboxylic acids is 1. The molecule has 9 nitrogen and oxygen atoms in total. The van der Waals surface area contributed by atoms with E-state index in [2.05, 4.69) is 25.4 Å². The third-order valence-corrected chi connectivity index (χ3v) is 5.43. The normalized spacial score (nSPS) is 10.9. The molecule has 0 spiro atoms. The molecule has 2 aromatic carbocycles. The van der Waals surface area contributed by atoms with Gasteiger partial charge in [0.1, 0.15) is 23.1 Å². The summed E-state index contributed by atoms with van der Waals surface area (Å²) in [5, 5.41) is 8.30. The first-order chi connectivity index (χ1) is 17.0. The van der Waals surface area contributed by atoms with Gasteiger partial charge in [0.2, 0.25) is 0 Å². The minimum absolute atomic E-state index is 0.00846. The number of H-pyrrole nitrogens is 1. The number of para-hydroxylation sites is 1. The van der Waals surface area contributed by atoms with Gasteiger partial charge in [0.25, 0.3) is 11.5 Å². The average molecular weight is 467 g/mol. The summed E-state index contributed by atoms with van der Waals surface area (Å²) in [5.74, 6) is 1.58. The molecule has 35 heavy (non-hydrogen) atoms. The first kappa shape index (κ1) is 22.0. The van der Waals surface area contributed by atoms with Crippen LogP contribution in [0.15, 0.2) is 77.6 Å². The molecule has 0 aliphatic heterocycles. The van der Waals surface area contributed by atoms with Gasteiger partial charge in [-0.15, -0.1) is 0 Å². The molecular weight excluding hydrogens is 444 g/mol. The van der Waals surface area contributed by atoms with Crippen molar-refractivity contribution in [3.63, 3.8) is 0 Å². The van der Waals surface area contributed by atoms with Crippen LogP contribution < -0.4 is 15.6 Å². The molecule has 1 amide bonds. The summed E-state index contributed by atoms with van der Waals surface area (Å²) in [4.78, 5) is 37.0. The second-order valence-electron chi connectivity index (χ2n) is 8.00. The van der Waals surface area contributed by atoms with Gasteiger partial charge in [0.05, 0.1) is 18.3 Å². The molecule has 3 heterocycles. The van der Waals surface area contributed by atoms with E-state index in [-0.39, 0.29) is 5.69 Å². The second kappa shape index (κ2) is 9.22. The minimum atomic E-state index is -0.519. The zero-order chi connectivity index (χ0) is 24.4. The Kier molecular flexibility index (Phi) is 5.80. The molecule has 5 rings (SSSR count). The summed E-state index contributed by atoms with van der Waals surface area (Å²) in [5.41, 5.74) is 2.04. The number of nitrogens with one attached hydrogen (secondary N) is 2. The van der Waals surface area contributed by atoms with Crippen molar-refractivity contribution >= 4 is 22.6 Å². The Labute approximate surface area is 200 Å². The van der Waals surface area contributed by atoms with E-state index >= 15 is 0 Å². The van der Waals surface area contributed by atoms with Crippen molar-refractivity contribution in [1.29, 1.82) is 0 Å². The number of rotatable bonds is 6. The van der Waals surface area contributed by atoms with E-state index in [0.29, 0.717) is 29.6 Å². The molecule has 0 bridgehead atoms. The largest absolute Gasteiger partial charge is 0.497 e. The van der Waals surface area contributed by atoms with Gasteiger partial charge >= 0.3 is 0 Å². The number of hydrogen-bond acceptors (Lipinski definition) is 6. The third kappa shape index (κ3) is 4.79. The average Bonchev–Trinajstić information content (AvgIpc) is 3.23. The highest BCUT2D eigenvalue weighted by Gasteiger charge is 2.16. The fourth-order valence-electron chi connectivity index (χ4n) is 3.76. The van der Waals surface area contributed by atoms with Crippen molar-refractivity contribution in [1.82, 2.24) is 24.7 Å². The van der Waals surface area contributed by atoms with Crippen molar-refractivity contribution in [2.75, 3.05) is 12.4 Å². The Morgan fingerprint density at radius 3 is 2.63 bits per heavy atom. The van der Waals surface area contributed by atoms with Gasteiger partial charge in [-0.25, -0.2) is 9.97 Å². The fourth-order valence-corrected chi connectivity index (χ4v) is 3.76. The summed E-state index contributed by atoms with van der Waals surface area (Å²) < 4.78 is 6.73. The van der Waals surface area contributed by atoms with Crippen molar-refractivity contribution < 1.29 is 9.53 Å².